The van der Waals surface area contributed by atoms with Crippen LogP contribution < -0.4 is 10.6 Å². The van der Waals surface area contributed by atoms with Crippen LogP contribution in [0.3, 0.4) is 0 Å². The summed E-state index contributed by atoms with van der Waals surface area (Å²) in [4.78, 5) is 23.6. The van der Waals surface area contributed by atoms with Gasteiger partial charge < -0.3 is 15.4 Å². The molecule has 0 aliphatic rings. The molecular weight excluding hydrogens is 256 g/mol. The smallest absolute Gasteiger partial charge is 0.338 e. The van der Waals surface area contributed by atoms with Gasteiger partial charge in [-0.2, -0.15) is 0 Å². The van der Waals surface area contributed by atoms with Crippen LogP contribution in [0.4, 0.5) is 5.69 Å². The fraction of sp³-hybridized carbons (Fsp3) is 0.467. The molecule has 0 spiro atoms. The van der Waals surface area contributed by atoms with Gasteiger partial charge >= 0.3 is 5.97 Å². The molecule has 1 aromatic rings. The minimum absolute atomic E-state index is 0.141. The molecule has 2 N–H and O–H groups in total. The van der Waals surface area contributed by atoms with E-state index >= 15 is 0 Å². The number of likely N-dealkylation sites (N-methyl/N-ethyl adjacent to an activating group) is 1. The highest BCUT2D eigenvalue weighted by Crippen LogP contribution is 2.13. The molecule has 0 bridgehead atoms. The van der Waals surface area contributed by atoms with Gasteiger partial charge in [-0.25, -0.2) is 4.79 Å². The summed E-state index contributed by atoms with van der Waals surface area (Å²) in [6.07, 6.45) is -0.154. The highest BCUT2D eigenvalue weighted by Gasteiger charge is 2.25. The van der Waals surface area contributed by atoms with Crippen molar-refractivity contribution in [3.63, 3.8) is 0 Å². The number of carbonyl (C=O) groups excluding carboxylic acids is 2. The third-order valence-electron chi connectivity index (χ3n) is 2.91. The van der Waals surface area contributed by atoms with Crippen molar-refractivity contribution in [1.29, 1.82) is 0 Å². The minimum Gasteiger partial charge on any atom is -0.459 e. The molecule has 0 aliphatic carbocycles. The molecule has 0 radical (unpaired) electrons. The first-order chi connectivity index (χ1) is 9.26. The summed E-state index contributed by atoms with van der Waals surface area (Å²) < 4.78 is 5.09. The van der Waals surface area contributed by atoms with Crippen LogP contribution in [-0.2, 0) is 9.53 Å². The van der Waals surface area contributed by atoms with Gasteiger partial charge in [0, 0.05) is 5.69 Å². The molecule has 1 rings (SSSR count). The molecular formula is C15H22N2O3. The molecule has 0 saturated heterocycles. The van der Waals surface area contributed by atoms with Gasteiger partial charge in [0.2, 0.25) is 5.91 Å². The Balaban J connectivity index is 2.73. The van der Waals surface area contributed by atoms with Crippen molar-refractivity contribution in [2.45, 2.75) is 39.3 Å². The van der Waals surface area contributed by atoms with E-state index in [1.54, 1.807) is 59.0 Å². The summed E-state index contributed by atoms with van der Waals surface area (Å²) in [5, 5.41) is 5.71. The first-order valence-electron chi connectivity index (χ1n) is 6.57. The van der Waals surface area contributed by atoms with E-state index in [2.05, 4.69) is 10.6 Å². The molecule has 5 heteroatoms. The number of rotatable bonds is 5. The van der Waals surface area contributed by atoms with E-state index < -0.39 is 5.54 Å². The highest BCUT2D eigenvalue weighted by atomic mass is 16.5. The van der Waals surface area contributed by atoms with Crippen LogP contribution in [0.1, 0.15) is 38.1 Å². The summed E-state index contributed by atoms with van der Waals surface area (Å²) in [6, 6.07) is 6.63. The van der Waals surface area contributed by atoms with Gasteiger partial charge in [-0.3, -0.25) is 4.79 Å². The van der Waals surface area contributed by atoms with Gasteiger partial charge in [0.15, 0.2) is 0 Å². The zero-order valence-electron chi connectivity index (χ0n) is 12.6. The second kappa shape index (κ2) is 6.52. The van der Waals surface area contributed by atoms with Crippen molar-refractivity contribution < 1.29 is 14.3 Å². The van der Waals surface area contributed by atoms with E-state index in [1.807, 2.05) is 0 Å². The highest BCUT2D eigenvalue weighted by molar-refractivity contribution is 5.98. The first-order valence-corrected chi connectivity index (χ1v) is 6.57. The standard InChI is InChI=1S/C15H22N2O3/c1-10(2)20-13(18)11-6-8-12(9-7-11)17-14(19)15(3,4)16-5/h6-10,16H,1-5H3,(H,17,19). The van der Waals surface area contributed by atoms with Gasteiger partial charge in [-0.05, 0) is 59.0 Å². The molecule has 1 aromatic carbocycles. The molecule has 0 aromatic heterocycles. The molecule has 20 heavy (non-hydrogen) atoms. The number of esters is 1. The van der Waals surface area contributed by atoms with Gasteiger partial charge in [-0.1, -0.05) is 0 Å². The molecule has 0 fully saturated rings. The topological polar surface area (TPSA) is 67.4 Å². The fourth-order valence-electron chi connectivity index (χ4n) is 1.37. The van der Waals surface area contributed by atoms with E-state index in [-0.39, 0.29) is 18.0 Å². The fourth-order valence-corrected chi connectivity index (χ4v) is 1.37. The van der Waals surface area contributed by atoms with Gasteiger partial charge in [0.25, 0.3) is 0 Å². The van der Waals surface area contributed by atoms with Crippen molar-refractivity contribution in [2.75, 3.05) is 12.4 Å². The Bertz CT molecular complexity index is 478. The van der Waals surface area contributed by atoms with Gasteiger partial charge in [0.1, 0.15) is 0 Å². The average molecular weight is 278 g/mol. The summed E-state index contributed by atoms with van der Waals surface area (Å²) in [5.41, 5.74) is 0.443. The first kappa shape index (κ1) is 16.2. The van der Waals surface area contributed by atoms with Crippen LogP contribution >= 0.6 is 0 Å². The van der Waals surface area contributed by atoms with Crippen molar-refractivity contribution >= 4 is 17.6 Å². The number of hydrogen-bond acceptors (Lipinski definition) is 4. The molecule has 0 unspecified atom stereocenters. The number of anilines is 1. The number of benzene rings is 1. The lowest BCUT2D eigenvalue weighted by Gasteiger charge is -2.22. The Morgan fingerprint density at radius 2 is 1.70 bits per heavy atom. The summed E-state index contributed by atoms with van der Waals surface area (Å²) >= 11 is 0. The van der Waals surface area contributed by atoms with Crippen molar-refractivity contribution in [2.24, 2.45) is 0 Å². The lowest BCUT2D eigenvalue weighted by molar-refractivity contribution is -0.121. The van der Waals surface area contributed by atoms with Crippen LogP contribution in [0.25, 0.3) is 0 Å². The number of nitrogens with one attached hydrogen (secondary N) is 2. The number of ether oxygens (including phenoxy) is 1. The van der Waals surface area contributed by atoms with Crippen molar-refractivity contribution in [3.05, 3.63) is 29.8 Å². The zero-order chi connectivity index (χ0) is 15.3. The predicted octanol–water partition coefficient (Wildman–Crippen LogP) is 2.19. The average Bonchev–Trinajstić information content (AvgIpc) is 2.38. The zero-order valence-corrected chi connectivity index (χ0v) is 12.6. The predicted molar refractivity (Wildman–Crippen MR) is 78.8 cm³/mol. The maximum atomic E-state index is 12.0. The van der Waals surface area contributed by atoms with Crippen LogP contribution in [-0.4, -0.2) is 30.6 Å². The van der Waals surface area contributed by atoms with Gasteiger partial charge in [-0.15, -0.1) is 0 Å². The van der Waals surface area contributed by atoms with E-state index in [4.69, 9.17) is 4.74 Å². The molecule has 0 heterocycles. The number of hydrogen-bond donors (Lipinski definition) is 2. The second-order valence-corrected chi connectivity index (χ2v) is 5.36. The van der Waals surface area contributed by atoms with Crippen LogP contribution in [0.5, 0.6) is 0 Å². The Hall–Kier alpha value is -1.88. The summed E-state index contributed by atoms with van der Waals surface area (Å²) in [7, 11) is 1.73. The number of amides is 1. The molecule has 0 saturated carbocycles. The van der Waals surface area contributed by atoms with Crippen LogP contribution in [0.15, 0.2) is 24.3 Å². The molecule has 5 nitrogen and oxygen atoms in total. The molecule has 1 amide bonds. The lowest BCUT2D eigenvalue weighted by Crippen LogP contribution is -2.47. The van der Waals surface area contributed by atoms with Crippen LogP contribution in [0.2, 0.25) is 0 Å². The largest absolute Gasteiger partial charge is 0.459 e. The maximum absolute atomic E-state index is 12.0. The molecule has 0 aliphatic heterocycles. The Labute approximate surface area is 119 Å². The van der Waals surface area contributed by atoms with Crippen LogP contribution in [0, 0.1) is 0 Å². The maximum Gasteiger partial charge on any atom is 0.338 e. The van der Waals surface area contributed by atoms with E-state index in [0.29, 0.717) is 11.3 Å². The quantitative estimate of drug-likeness (QED) is 0.810. The van der Waals surface area contributed by atoms with E-state index in [0.717, 1.165) is 0 Å². The minimum atomic E-state index is -0.657. The van der Waals surface area contributed by atoms with Crippen molar-refractivity contribution in [1.82, 2.24) is 5.32 Å². The third kappa shape index (κ3) is 4.35. The summed E-state index contributed by atoms with van der Waals surface area (Å²) in [6.45, 7) is 7.17. The monoisotopic (exact) mass is 278 g/mol. The Morgan fingerprint density at radius 1 is 1.15 bits per heavy atom. The Kier molecular flexibility index (Phi) is 5.27. The van der Waals surface area contributed by atoms with E-state index in [1.165, 1.54) is 0 Å². The normalized spacial score (nSPS) is 11.3. The molecule has 110 valence electrons. The van der Waals surface area contributed by atoms with E-state index in [9.17, 15) is 9.59 Å². The van der Waals surface area contributed by atoms with Crippen molar-refractivity contribution in [3.8, 4) is 0 Å². The summed E-state index contributed by atoms with van der Waals surface area (Å²) in [5.74, 6) is -0.508. The van der Waals surface area contributed by atoms with Gasteiger partial charge in [0.05, 0.1) is 17.2 Å². The SMILES string of the molecule is CNC(C)(C)C(=O)Nc1ccc(C(=O)OC(C)C)cc1. The molecule has 0 atom stereocenters. The third-order valence-corrected chi connectivity index (χ3v) is 2.91. The Morgan fingerprint density at radius 3 is 2.15 bits per heavy atom. The lowest BCUT2D eigenvalue weighted by atomic mass is 10.0. The second-order valence-electron chi connectivity index (χ2n) is 5.36. The number of carbonyl (C=O) groups is 2.